The van der Waals surface area contributed by atoms with Crippen LogP contribution in [0.25, 0.3) is 0 Å². The number of anilines is 1. The Balaban J connectivity index is 1.54. The minimum absolute atomic E-state index is 0.0610. The van der Waals surface area contributed by atoms with Crippen molar-refractivity contribution in [3.63, 3.8) is 0 Å². The summed E-state index contributed by atoms with van der Waals surface area (Å²) in [6.45, 7) is 6.35. The number of thiophene rings is 1. The normalized spacial score (nSPS) is 21.0. The molecule has 1 aliphatic carbocycles. The quantitative estimate of drug-likeness (QED) is 0.499. The van der Waals surface area contributed by atoms with Crippen LogP contribution in [-0.4, -0.2) is 44.4 Å². The lowest BCUT2D eigenvalue weighted by Crippen LogP contribution is -2.36. The SMILES string of the molecule is CC(C)(C)C1CCc2c(sc(NC(=O)COc3ccc(Cl)cc3Cl)c2C(=O)NC2CCS(=O)(=O)C2)C1. The zero-order valence-electron chi connectivity index (χ0n) is 20.5. The van der Waals surface area contributed by atoms with Gasteiger partial charge in [-0.15, -0.1) is 11.3 Å². The van der Waals surface area contributed by atoms with E-state index in [1.54, 1.807) is 12.1 Å². The first-order valence-electron chi connectivity index (χ1n) is 11.9. The van der Waals surface area contributed by atoms with E-state index in [9.17, 15) is 18.0 Å². The van der Waals surface area contributed by atoms with Crippen molar-refractivity contribution in [3.05, 3.63) is 44.2 Å². The van der Waals surface area contributed by atoms with Crippen molar-refractivity contribution in [2.75, 3.05) is 23.4 Å². The molecule has 0 saturated carbocycles. The molecule has 36 heavy (non-hydrogen) atoms. The van der Waals surface area contributed by atoms with Gasteiger partial charge in [0.15, 0.2) is 16.4 Å². The van der Waals surface area contributed by atoms with Crippen molar-refractivity contribution in [3.8, 4) is 5.75 Å². The van der Waals surface area contributed by atoms with Gasteiger partial charge in [-0.25, -0.2) is 8.42 Å². The van der Waals surface area contributed by atoms with Gasteiger partial charge >= 0.3 is 0 Å². The fourth-order valence-corrected chi connectivity index (χ4v) is 8.20. The van der Waals surface area contributed by atoms with Gasteiger partial charge in [0.2, 0.25) is 0 Å². The maximum atomic E-state index is 13.4. The predicted molar refractivity (Wildman–Crippen MR) is 144 cm³/mol. The van der Waals surface area contributed by atoms with E-state index in [1.165, 1.54) is 17.4 Å². The van der Waals surface area contributed by atoms with Gasteiger partial charge in [0.05, 0.1) is 22.1 Å². The molecule has 2 aliphatic rings. The number of halogens is 2. The molecule has 0 bridgehead atoms. The van der Waals surface area contributed by atoms with Crippen LogP contribution >= 0.6 is 34.5 Å². The summed E-state index contributed by atoms with van der Waals surface area (Å²) in [5.41, 5.74) is 1.50. The molecule has 11 heteroatoms. The number of hydrogen-bond donors (Lipinski definition) is 2. The monoisotopic (exact) mass is 572 g/mol. The van der Waals surface area contributed by atoms with E-state index in [0.29, 0.717) is 38.7 Å². The molecule has 2 heterocycles. The van der Waals surface area contributed by atoms with Crippen LogP contribution in [0, 0.1) is 11.3 Å². The molecule has 4 rings (SSSR count). The van der Waals surface area contributed by atoms with Crippen LogP contribution in [0.1, 0.15) is 54.4 Å². The Kier molecular flexibility index (Phi) is 7.95. The number of carbonyl (C=O) groups excluding carboxylic acids is 2. The minimum atomic E-state index is -3.14. The Labute approximate surface area is 225 Å². The topological polar surface area (TPSA) is 102 Å². The van der Waals surface area contributed by atoms with E-state index >= 15 is 0 Å². The van der Waals surface area contributed by atoms with Crippen LogP contribution in [0.4, 0.5) is 5.00 Å². The third-order valence-corrected chi connectivity index (χ3v) is 10.3. The molecule has 0 radical (unpaired) electrons. The zero-order chi connectivity index (χ0) is 26.3. The molecule has 2 amide bonds. The number of hydrogen-bond acceptors (Lipinski definition) is 6. The van der Waals surface area contributed by atoms with Crippen molar-refractivity contribution >= 4 is 61.2 Å². The molecule has 0 spiro atoms. The summed E-state index contributed by atoms with van der Waals surface area (Å²) in [6, 6.07) is 4.30. The molecule has 2 N–H and O–H groups in total. The number of benzene rings is 1. The van der Waals surface area contributed by atoms with Crippen LogP contribution in [0.3, 0.4) is 0 Å². The third kappa shape index (κ3) is 6.36. The Morgan fingerprint density at radius 2 is 1.94 bits per heavy atom. The minimum Gasteiger partial charge on any atom is -0.482 e. The summed E-state index contributed by atoms with van der Waals surface area (Å²) in [6.07, 6.45) is 2.89. The van der Waals surface area contributed by atoms with E-state index < -0.39 is 21.8 Å². The van der Waals surface area contributed by atoms with Crippen molar-refractivity contribution in [1.29, 1.82) is 0 Å². The van der Waals surface area contributed by atoms with Crippen molar-refractivity contribution < 1.29 is 22.7 Å². The second-order valence-electron chi connectivity index (χ2n) is 10.5. The number of nitrogens with one attached hydrogen (secondary N) is 2. The maximum Gasteiger partial charge on any atom is 0.262 e. The Morgan fingerprint density at radius 1 is 1.19 bits per heavy atom. The van der Waals surface area contributed by atoms with Gasteiger partial charge < -0.3 is 15.4 Å². The summed E-state index contributed by atoms with van der Waals surface area (Å²) in [7, 11) is -3.14. The largest absolute Gasteiger partial charge is 0.482 e. The highest BCUT2D eigenvalue weighted by Gasteiger charge is 2.36. The Morgan fingerprint density at radius 3 is 2.58 bits per heavy atom. The average Bonchev–Trinajstić information content (AvgIpc) is 3.30. The third-order valence-electron chi connectivity index (χ3n) is 6.79. The summed E-state index contributed by atoms with van der Waals surface area (Å²) in [5.74, 6) is 0.0224. The lowest BCUT2D eigenvalue weighted by molar-refractivity contribution is -0.118. The summed E-state index contributed by atoms with van der Waals surface area (Å²) in [5, 5.41) is 6.95. The van der Waals surface area contributed by atoms with Crippen LogP contribution in [0.5, 0.6) is 5.75 Å². The second kappa shape index (κ2) is 10.5. The van der Waals surface area contributed by atoms with Crippen molar-refractivity contribution in [2.24, 2.45) is 11.3 Å². The number of amides is 2. The fraction of sp³-hybridized carbons (Fsp3) is 0.520. The van der Waals surface area contributed by atoms with Gasteiger partial charge in [0, 0.05) is 15.9 Å². The molecule has 2 aromatic rings. The van der Waals surface area contributed by atoms with Gasteiger partial charge in [-0.2, -0.15) is 0 Å². The molecule has 1 aromatic heterocycles. The van der Waals surface area contributed by atoms with Crippen LogP contribution in [-0.2, 0) is 27.5 Å². The molecule has 1 fully saturated rings. The molecule has 196 valence electrons. The van der Waals surface area contributed by atoms with E-state index in [4.69, 9.17) is 27.9 Å². The number of ether oxygens (including phenoxy) is 1. The number of fused-ring (bicyclic) bond motifs is 1. The predicted octanol–water partition coefficient (Wildman–Crippen LogP) is 5.14. The van der Waals surface area contributed by atoms with Crippen LogP contribution in [0.15, 0.2) is 18.2 Å². The smallest absolute Gasteiger partial charge is 0.262 e. The number of carbonyl (C=O) groups is 2. The average molecular weight is 574 g/mol. The summed E-state index contributed by atoms with van der Waals surface area (Å²) < 4.78 is 29.3. The highest BCUT2D eigenvalue weighted by Crippen LogP contribution is 2.44. The van der Waals surface area contributed by atoms with Gasteiger partial charge in [-0.1, -0.05) is 44.0 Å². The molecule has 2 unspecified atom stereocenters. The van der Waals surface area contributed by atoms with Gasteiger partial charge in [-0.3, -0.25) is 9.59 Å². The molecular formula is C25H30Cl2N2O5S2. The Hall–Kier alpha value is -1.81. The number of rotatable bonds is 6. The first kappa shape index (κ1) is 27.2. The number of sulfone groups is 1. The highest BCUT2D eigenvalue weighted by molar-refractivity contribution is 7.91. The van der Waals surface area contributed by atoms with Gasteiger partial charge in [0.25, 0.3) is 11.8 Å². The molecule has 1 aromatic carbocycles. The second-order valence-corrected chi connectivity index (χ2v) is 14.7. The lowest BCUT2D eigenvalue weighted by Gasteiger charge is -2.33. The highest BCUT2D eigenvalue weighted by atomic mass is 35.5. The van der Waals surface area contributed by atoms with E-state index in [1.807, 2.05) is 0 Å². The van der Waals surface area contributed by atoms with Crippen molar-refractivity contribution in [1.82, 2.24) is 5.32 Å². The van der Waals surface area contributed by atoms with Crippen molar-refractivity contribution in [2.45, 2.75) is 52.5 Å². The van der Waals surface area contributed by atoms with E-state index in [0.717, 1.165) is 29.7 Å². The van der Waals surface area contributed by atoms with Crippen LogP contribution < -0.4 is 15.4 Å². The molecular weight excluding hydrogens is 543 g/mol. The molecule has 1 aliphatic heterocycles. The van der Waals surface area contributed by atoms with E-state index in [2.05, 4.69) is 31.4 Å². The Bertz CT molecular complexity index is 1280. The molecule has 2 atom stereocenters. The summed E-state index contributed by atoms with van der Waals surface area (Å²) >= 11 is 13.4. The van der Waals surface area contributed by atoms with Gasteiger partial charge in [-0.05, 0) is 60.8 Å². The van der Waals surface area contributed by atoms with Crippen LogP contribution in [0.2, 0.25) is 10.0 Å². The van der Waals surface area contributed by atoms with E-state index in [-0.39, 0.29) is 29.4 Å². The maximum absolute atomic E-state index is 13.4. The fourth-order valence-electron chi connectivity index (χ4n) is 4.72. The lowest BCUT2D eigenvalue weighted by atomic mass is 9.72. The van der Waals surface area contributed by atoms with Gasteiger partial charge in [0.1, 0.15) is 10.8 Å². The zero-order valence-corrected chi connectivity index (χ0v) is 23.6. The first-order valence-corrected chi connectivity index (χ1v) is 15.3. The first-order chi connectivity index (χ1) is 16.8. The molecule has 1 saturated heterocycles. The molecule has 7 nitrogen and oxygen atoms in total. The summed E-state index contributed by atoms with van der Waals surface area (Å²) in [4.78, 5) is 27.3. The standard InChI is InChI=1S/C25H30Cl2N2O5S2/c1-25(2,3)14-4-6-17-20(10-14)35-24(22(17)23(31)28-16-8-9-36(32,33)13-16)29-21(30)12-34-19-7-5-15(26)11-18(19)27/h5,7,11,14,16H,4,6,8-10,12-13H2,1-3H3,(H,28,31)(H,29,30).